The van der Waals surface area contributed by atoms with E-state index in [0.29, 0.717) is 33.7 Å². The molecule has 0 fully saturated rings. The minimum absolute atomic E-state index is 0.0820. The van der Waals surface area contributed by atoms with Gasteiger partial charge in [-0.25, -0.2) is 19.4 Å². The van der Waals surface area contributed by atoms with Crippen molar-refractivity contribution in [3.05, 3.63) is 196 Å². The molecule has 5 aromatic carbocycles. The van der Waals surface area contributed by atoms with Crippen molar-refractivity contribution in [3.63, 3.8) is 0 Å². The quantitative estimate of drug-likeness (QED) is 0.0291. The van der Waals surface area contributed by atoms with Gasteiger partial charge >= 0.3 is 18.0 Å². The number of aliphatic imine (C=N–C) groups is 1. The number of aliphatic carboxylic acids is 1. The highest BCUT2D eigenvalue weighted by Crippen LogP contribution is 2.49. The molecule has 2 heterocycles. The predicted octanol–water partition coefficient (Wildman–Crippen LogP) is 10.6. The van der Waals surface area contributed by atoms with E-state index in [4.69, 9.17) is 9.47 Å². The number of fused-ring (bicyclic) bond motifs is 3. The lowest BCUT2D eigenvalue weighted by atomic mass is 9.84. The van der Waals surface area contributed by atoms with Crippen LogP contribution in [0.15, 0.2) is 162 Å². The van der Waals surface area contributed by atoms with Gasteiger partial charge in [-0.15, -0.1) is 34.9 Å². The SMILES string of the molecule is CC(C)[C@H](NC(=O)OCC1c2ccccc2-c2ccccc21)C(=O)O[C@H](/C=C/CCSC(c1ccccc1)(c1ccccc1)c1ccccc1)CC(=O)NCc1nc(C2=N[C@](C)(C(=O)O)CS2)cs1. The number of aromatic nitrogens is 1. The number of allylic oxidation sites excluding steroid dienone is 1. The fourth-order valence-corrected chi connectivity index (χ4v) is 12.0. The number of hydrogen-bond donors (Lipinski definition) is 3. The van der Waals surface area contributed by atoms with Gasteiger partial charge in [0.2, 0.25) is 5.91 Å². The van der Waals surface area contributed by atoms with E-state index < -0.39 is 40.5 Å². The summed E-state index contributed by atoms with van der Waals surface area (Å²) < 4.78 is 11.4. The van der Waals surface area contributed by atoms with E-state index in [9.17, 15) is 24.3 Å². The van der Waals surface area contributed by atoms with E-state index in [1.165, 1.54) is 23.1 Å². The lowest BCUT2D eigenvalue weighted by Crippen LogP contribution is -2.47. The molecule has 1 aliphatic heterocycles. The Hall–Kier alpha value is -6.48. The molecule has 1 aliphatic carbocycles. The second-order valence-electron chi connectivity index (χ2n) is 17.4. The minimum atomic E-state index is -1.22. The van der Waals surface area contributed by atoms with Gasteiger partial charge in [-0.2, -0.15) is 0 Å². The largest absolute Gasteiger partial charge is 0.479 e. The number of carbonyl (C=O) groups excluding carboxylic acids is 3. The van der Waals surface area contributed by atoms with Crippen LogP contribution in [0.25, 0.3) is 11.1 Å². The lowest BCUT2D eigenvalue weighted by Gasteiger charge is -2.35. The molecule has 2 amide bonds. The molecule has 11 nitrogen and oxygen atoms in total. The molecule has 0 unspecified atom stereocenters. The number of carboxylic acids is 1. The van der Waals surface area contributed by atoms with Gasteiger partial charge in [0, 0.05) is 17.1 Å². The van der Waals surface area contributed by atoms with E-state index in [2.05, 4.69) is 106 Å². The molecule has 0 radical (unpaired) electrons. The molecule has 14 heteroatoms. The number of carbonyl (C=O) groups is 4. The van der Waals surface area contributed by atoms with Crippen molar-refractivity contribution in [3.8, 4) is 11.1 Å². The van der Waals surface area contributed by atoms with Gasteiger partial charge in [-0.05, 0) is 70.0 Å². The number of nitrogens with one attached hydrogen (secondary N) is 2. The van der Waals surface area contributed by atoms with Crippen molar-refractivity contribution in [1.82, 2.24) is 15.6 Å². The molecule has 2 aliphatic rings. The summed E-state index contributed by atoms with van der Waals surface area (Å²) in [5.74, 6) is -1.61. The van der Waals surface area contributed by atoms with E-state index in [1.54, 1.807) is 30.1 Å². The van der Waals surface area contributed by atoms with Crippen molar-refractivity contribution in [2.75, 3.05) is 18.1 Å². The average molecular weight is 979 g/mol. The fraction of sp³-hybridized carbons (Fsp3) is 0.273. The zero-order chi connectivity index (χ0) is 48.4. The molecule has 0 spiro atoms. The van der Waals surface area contributed by atoms with Gasteiger partial charge in [-0.3, -0.25) is 9.79 Å². The van der Waals surface area contributed by atoms with Crippen molar-refractivity contribution in [2.24, 2.45) is 10.9 Å². The topological polar surface area (TPSA) is 156 Å². The summed E-state index contributed by atoms with van der Waals surface area (Å²) in [6.45, 7) is 5.38. The summed E-state index contributed by atoms with van der Waals surface area (Å²) in [4.78, 5) is 61.9. The highest BCUT2D eigenvalue weighted by Gasteiger charge is 2.40. The second kappa shape index (κ2) is 22.3. The molecule has 8 rings (SSSR count). The maximum atomic E-state index is 14.1. The van der Waals surface area contributed by atoms with E-state index in [-0.39, 0.29) is 37.3 Å². The Morgan fingerprint density at radius 2 is 1.41 bits per heavy atom. The van der Waals surface area contributed by atoms with Crippen molar-refractivity contribution in [1.29, 1.82) is 0 Å². The Morgan fingerprint density at radius 1 is 0.841 bits per heavy atom. The number of esters is 1. The summed E-state index contributed by atoms with van der Waals surface area (Å²) in [5.41, 5.74) is 7.13. The second-order valence-corrected chi connectivity index (χ2v) is 20.6. The number of thiazole rings is 1. The van der Waals surface area contributed by atoms with Crippen LogP contribution in [0.5, 0.6) is 0 Å². The summed E-state index contributed by atoms with van der Waals surface area (Å²) in [6.07, 6.45) is 2.36. The summed E-state index contributed by atoms with van der Waals surface area (Å²) >= 11 is 4.47. The van der Waals surface area contributed by atoms with Gasteiger partial charge in [0.25, 0.3) is 0 Å². The molecular weight excluding hydrogens is 925 g/mol. The van der Waals surface area contributed by atoms with Gasteiger partial charge in [0.15, 0.2) is 5.54 Å². The highest BCUT2D eigenvalue weighted by atomic mass is 32.2. The van der Waals surface area contributed by atoms with Crippen LogP contribution in [-0.4, -0.2) is 74.9 Å². The monoisotopic (exact) mass is 978 g/mol. The molecule has 0 bridgehead atoms. The first-order chi connectivity index (χ1) is 33.4. The number of thioether (sulfide) groups is 2. The standard InChI is InChI=1S/C55H54N4O7S3/c1-36(2)49(58-53(64)65-33-45-43-28-15-13-26-41(43)42-27-14-16-29-44(42)45)51(61)66-40(31-47(60)56-32-48-57-46(34-67-48)50-59-54(3,35-68-50)52(62)63)25-17-18-30-69-55(37-19-7-4-8-20-37,38-21-9-5-10-22-38)39-23-11-6-12-24-39/h4-17,19-29,34,36,40,45,49H,18,30-33,35H2,1-3H3,(H,56,60)(H,58,64)(H,62,63)/b25-17+/t40-,49+,54+/m1/s1. The maximum absolute atomic E-state index is 14.1. The van der Waals surface area contributed by atoms with E-state index in [0.717, 1.165) is 38.9 Å². The van der Waals surface area contributed by atoms with Crippen molar-refractivity contribution in [2.45, 2.75) is 68.5 Å². The lowest BCUT2D eigenvalue weighted by molar-refractivity contribution is -0.151. The van der Waals surface area contributed by atoms with Crippen molar-refractivity contribution >= 4 is 63.8 Å². The molecule has 69 heavy (non-hydrogen) atoms. The summed E-state index contributed by atoms with van der Waals surface area (Å²) in [6, 6.07) is 46.4. The third kappa shape index (κ3) is 11.4. The average Bonchev–Trinajstić information content (AvgIpc) is 4.10. The number of benzene rings is 5. The molecule has 6 aromatic rings. The van der Waals surface area contributed by atoms with Crippen LogP contribution in [0.3, 0.4) is 0 Å². The molecule has 0 saturated carbocycles. The number of ether oxygens (including phenoxy) is 2. The molecule has 3 N–H and O–H groups in total. The normalized spacial score (nSPS) is 16.3. The van der Waals surface area contributed by atoms with Gasteiger partial charge in [0.05, 0.1) is 17.7 Å². The number of rotatable bonds is 20. The Morgan fingerprint density at radius 3 is 1.96 bits per heavy atom. The van der Waals surface area contributed by atoms with Crippen LogP contribution in [0, 0.1) is 5.92 Å². The summed E-state index contributed by atoms with van der Waals surface area (Å²) in [5, 5.41) is 18.2. The van der Waals surface area contributed by atoms with Crippen LogP contribution in [0.2, 0.25) is 0 Å². The van der Waals surface area contributed by atoms with Gasteiger partial charge in [0.1, 0.15) is 34.5 Å². The number of alkyl carbamates (subject to hydrolysis) is 1. The van der Waals surface area contributed by atoms with E-state index >= 15 is 0 Å². The number of amides is 2. The minimum Gasteiger partial charge on any atom is -0.479 e. The zero-order valence-corrected chi connectivity index (χ0v) is 41.0. The smallest absolute Gasteiger partial charge is 0.407 e. The van der Waals surface area contributed by atoms with Crippen LogP contribution in [0.1, 0.15) is 78.0 Å². The number of hydrogen-bond acceptors (Lipinski definition) is 11. The third-order valence-corrected chi connectivity index (χ3v) is 15.9. The van der Waals surface area contributed by atoms with Crippen LogP contribution in [-0.2, 0) is 35.1 Å². The van der Waals surface area contributed by atoms with Crippen LogP contribution < -0.4 is 10.6 Å². The van der Waals surface area contributed by atoms with Crippen molar-refractivity contribution < 1.29 is 33.8 Å². The Labute approximate surface area is 415 Å². The first kappa shape index (κ1) is 49.0. The maximum Gasteiger partial charge on any atom is 0.407 e. The Kier molecular flexibility index (Phi) is 15.8. The zero-order valence-electron chi connectivity index (χ0n) is 38.6. The molecule has 354 valence electrons. The molecule has 3 atom stereocenters. The Bertz CT molecular complexity index is 2680. The van der Waals surface area contributed by atoms with E-state index in [1.807, 2.05) is 74.5 Å². The first-order valence-corrected chi connectivity index (χ1v) is 25.8. The van der Waals surface area contributed by atoms with Crippen LogP contribution >= 0.6 is 34.9 Å². The fourth-order valence-electron chi connectivity index (χ4n) is 8.59. The Balaban J connectivity index is 0.961. The number of nitrogens with zero attached hydrogens (tertiary/aromatic N) is 2. The number of carboxylic acid groups (broad SMARTS) is 1. The first-order valence-electron chi connectivity index (χ1n) is 22.9. The van der Waals surface area contributed by atoms with Crippen LogP contribution in [0.4, 0.5) is 4.79 Å². The highest BCUT2D eigenvalue weighted by molar-refractivity contribution is 8.14. The molecular formula is C55H54N4O7S3. The van der Waals surface area contributed by atoms with Gasteiger partial charge < -0.3 is 25.2 Å². The van der Waals surface area contributed by atoms with Gasteiger partial charge in [-0.1, -0.05) is 159 Å². The predicted molar refractivity (Wildman–Crippen MR) is 276 cm³/mol. The molecule has 0 saturated heterocycles. The summed E-state index contributed by atoms with van der Waals surface area (Å²) in [7, 11) is 0. The third-order valence-electron chi connectivity index (χ3n) is 12.2. The molecule has 1 aromatic heterocycles.